The van der Waals surface area contributed by atoms with Crippen molar-refractivity contribution < 1.29 is 14.7 Å². The second-order valence-electron chi connectivity index (χ2n) is 6.03. The number of carboxylic acid groups (broad SMARTS) is 1. The Morgan fingerprint density at radius 1 is 1.15 bits per heavy atom. The predicted octanol–water partition coefficient (Wildman–Crippen LogP) is 2.78. The van der Waals surface area contributed by atoms with E-state index in [1.54, 1.807) is 36.2 Å². The highest BCUT2D eigenvalue weighted by molar-refractivity contribution is 5.95. The second kappa shape index (κ2) is 4.93. The molecular weight excluding hydrogens is 254 g/mol. The van der Waals surface area contributed by atoms with Gasteiger partial charge in [-0.25, -0.2) is 4.79 Å². The van der Waals surface area contributed by atoms with E-state index >= 15 is 0 Å². The summed E-state index contributed by atoms with van der Waals surface area (Å²) in [6.45, 7) is 0. The molecule has 0 saturated heterocycles. The molecule has 2 aliphatic rings. The SMILES string of the molecule is CN(C(=O)C1CC2CCC1C2)c1ccc(C(=O)O)cc1. The lowest BCUT2D eigenvalue weighted by Gasteiger charge is -2.26. The Morgan fingerprint density at radius 2 is 1.85 bits per heavy atom. The number of anilines is 1. The van der Waals surface area contributed by atoms with E-state index in [9.17, 15) is 9.59 Å². The number of aromatic carboxylic acids is 1. The van der Waals surface area contributed by atoms with Gasteiger partial charge in [0.15, 0.2) is 0 Å². The number of amides is 1. The molecular formula is C16H19NO3. The van der Waals surface area contributed by atoms with Gasteiger partial charge in [-0.3, -0.25) is 4.79 Å². The van der Waals surface area contributed by atoms with E-state index in [0.29, 0.717) is 5.92 Å². The summed E-state index contributed by atoms with van der Waals surface area (Å²) in [6.07, 6.45) is 4.71. The minimum atomic E-state index is -0.946. The van der Waals surface area contributed by atoms with Crippen LogP contribution in [0.3, 0.4) is 0 Å². The molecule has 20 heavy (non-hydrogen) atoms. The van der Waals surface area contributed by atoms with Crippen molar-refractivity contribution in [2.45, 2.75) is 25.7 Å². The van der Waals surface area contributed by atoms with Crippen molar-refractivity contribution in [1.82, 2.24) is 0 Å². The maximum atomic E-state index is 12.6. The normalized spacial score (nSPS) is 27.6. The molecule has 1 amide bonds. The van der Waals surface area contributed by atoms with E-state index in [4.69, 9.17) is 5.11 Å². The molecule has 106 valence electrons. The minimum Gasteiger partial charge on any atom is -0.478 e. The zero-order valence-electron chi connectivity index (χ0n) is 11.6. The largest absolute Gasteiger partial charge is 0.478 e. The van der Waals surface area contributed by atoms with Crippen LogP contribution < -0.4 is 4.90 Å². The number of rotatable bonds is 3. The number of hydrogen-bond donors (Lipinski definition) is 1. The lowest BCUT2D eigenvalue weighted by molar-refractivity contribution is -0.123. The standard InChI is InChI=1S/C16H19NO3/c1-17(13-6-4-11(5-7-13)16(19)20)15(18)14-9-10-2-3-12(14)8-10/h4-7,10,12,14H,2-3,8-9H2,1H3,(H,19,20). The highest BCUT2D eigenvalue weighted by Gasteiger charge is 2.44. The van der Waals surface area contributed by atoms with Crippen LogP contribution in [-0.4, -0.2) is 24.0 Å². The second-order valence-corrected chi connectivity index (χ2v) is 6.03. The van der Waals surface area contributed by atoms with Crippen molar-refractivity contribution in [2.75, 3.05) is 11.9 Å². The van der Waals surface area contributed by atoms with Gasteiger partial charge in [0.25, 0.3) is 0 Å². The Bertz CT molecular complexity index is 537. The lowest BCUT2D eigenvalue weighted by atomic mass is 9.88. The maximum Gasteiger partial charge on any atom is 0.335 e. The number of carboxylic acids is 1. The number of carbonyl (C=O) groups is 2. The van der Waals surface area contributed by atoms with Crippen molar-refractivity contribution in [3.63, 3.8) is 0 Å². The molecule has 4 nitrogen and oxygen atoms in total. The number of carbonyl (C=O) groups excluding carboxylic acids is 1. The van der Waals surface area contributed by atoms with Gasteiger partial charge in [0, 0.05) is 18.7 Å². The van der Waals surface area contributed by atoms with Crippen molar-refractivity contribution >= 4 is 17.6 Å². The molecule has 2 bridgehead atoms. The van der Waals surface area contributed by atoms with Crippen LogP contribution in [0.15, 0.2) is 24.3 Å². The molecule has 0 spiro atoms. The third-order valence-corrected chi connectivity index (χ3v) is 4.89. The van der Waals surface area contributed by atoms with Gasteiger partial charge < -0.3 is 10.0 Å². The van der Waals surface area contributed by atoms with E-state index in [1.807, 2.05) is 0 Å². The Kier molecular flexibility index (Phi) is 3.24. The lowest BCUT2D eigenvalue weighted by Crippen LogP contribution is -2.35. The van der Waals surface area contributed by atoms with Crippen LogP contribution in [0.5, 0.6) is 0 Å². The Hall–Kier alpha value is -1.84. The van der Waals surface area contributed by atoms with Crippen LogP contribution in [-0.2, 0) is 4.79 Å². The molecule has 1 aromatic carbocycles. The van der Waals surface area contributed by atoms with Gasteiger partial charge >= 0.3 is 5.97 Å². The van der Waals surface area contributed by atoms with Gasteiger partial charge in [0.1, 0.15) is 0 Å². The highest BCUT2D eigenvalue weighted by atomic mass is 16.4. The Morgan fingerprint density at radius 3 is 2.35 bits per heavy atom. The third-order valence-electron chi connectivity index (χ3n) is 4.89. The third kappa shape index (κ3) is 2.19. The molecule has 2 saturated carbocycles. The topological polar surface area (TPSA) is 57.6 Å². The molecule has 3 atom stereocenters. The molecule has 4 heteroatoms. The summed E-state index contributed by atoms with van der Waals surface area (Å²) in [5.41, 5.74) is 1.01. The van der Waals surface area contributed by atoms with Gasteiger partial charge in [0.05, 0.1) is 5.56 Å². The Labute approximate surface area is 118 Å². The average molecular weight is 273 g/mol. The van der Waals surface area contributed by atoms with Crippen LogP contribution in [0.2, 0.25) is 0 Å². The van der Waals surface area contributed by atoms with Gasteiger partial charge in [0.2, 0.25) is 5.91 Å². The van der Waals surface area contributed by atoms with Gasteiger partial charge in [-0.05, 0) is 55.4 Å². The number of fused-ring (bicyclic) bond motifs is 2. The summed E-state index contributed by atoms with van der Waals surface area (Å²) in [7, 11) is 1.78. The molecule has 0 aliphatic heterocycles. The molecule has 3 rings (SSSR count). The van der Waals surface area contributed by atoms with Crippen molar-refractivity contribution in [2.24, 2.45) is 17.8 Å². The van der Waals surface area contributed by atoms with Gasteiger partial charge in [-0.2, -0.15) is 0 Å². The van der Waals surface area contributed by atoms with Gasteiger partial charge in [-0.1, -0.05) is 6.42 Å². The summed E-state index contributed by atoms with van der Waals surface area (Å²) >= 11 is 0. The predicted molar refractivity (Wildman–Crippen MR) is 75.7 cm³/mol. The fourth-order valence-electron chi connectivity index (χ4n) is 3.75. The van der Waals surface area contributed by atoms with Crippen LogP contribution >= 0.6 is 0 Å². The Balaban J connectivity index is 1.73. The number of benzene rings is 1. The van der Waals surface area contributed by atoms with Crippen molar-refractivity contribution in [3.05, 3.63) is 29.8 Å². The molecule has 1 aromatic rings. The fraction of sp³-hybridized carbons (Fsp3) is 0.500. The van der Waals surface area contributed by atoms with E-state index in [0.717, 1.165) is 18.0 Å². The first-order valence-corrected chi connectivity index (χ1v) is 7.17. The molecule has 0 heterocycles. The van der Waals surface area contributed by atoms with E-state index in [1.165, 1.54) is 19.3 Å². The zero-order valence-corrected chi connectivity index (χ0v) is 11.6. The minimum absolute atomic E-state index is 0.165. The summed E-state index contributed by atoms with van der Waals surface area (Å²) < 4.78 is 0. The van der Waals surface area contributed by atoms with E-state index in [2.05, 4.69) is 0 Å². The molecule has 2 aliphatic carbocycles. The van der Waals surface area contributed by atoms with E-state index in [-0.39, 0.29) is 17.4 Å². The molecule has 1 N–H and O–H groups in total. The summed E-state index contributed by atoms with van der Waals surface area (Å²) in [4.78, 5) is 25.1. The molecule has 3 unspecified atom stereocenters. The first-order valence-electron chi connectivity index (χ1n) is 7.17. The monoisotopic (exact) mass is 273 g/mol. The summed E-state index contributed by atoms with van der Waals surface area (Å²) in [5.74, 6) is 0.710. The zero-order chi connectivity index (χ0) is 14.3. The summed E-state index contributed by atoms with van der Waals surface area (Å²) in [6, 6.07) is 6.49. The number of nitrogens with zero attached hydrogens (tertiary/aromatic N) is 1. The van der Waals surface area contributed by atoms with Crippen molar-refractivity contribution in [1.29, 1.82) is 0 Å². The highest BCUT2D eigenvalue weighted by Crippen LogP contribution is 2.49. The molecule has 0 aromatic heterocycles. The summed E-state index contributed by atoms with van der Waals surface area (Å²) in [5, 5.41) is 8.89. The van der Waals surface area contributed by atoms with Gasteiger partial charge in [-0.15, -0.1) is 0 Å². The van der Waals surface area contributed by atoms with Crippen molar-refractivity contribution in [3.8, 4) is 0 Å². The molecule has 2 fully saturated rings. The average Bonchev–Trinajstić information content (AvgIpc) is 3.08. The van der Waals surface area contributed by atoms with Crippen LogP contribution in [0.25, 0.3) is 0 Å². The van der Waals surface area contributed by atoms with Crippen LogP contribution in [0.1, 0.15) is 36.0 Å². The first kappa shape index (κ1) is 13.2. The molecule has 0 radical (unpaired) electrons. The van der Waals surface area contributed by atoms with Crippen LogP contribution in [0.4, 0.5) is 5.69 Å². The fourth-order valence-corrected chi connectivity index (χ4v) is 3.75. The smallest absolute Gasteiger partial charge is 0.335 e. The quantitative estimate of drug-likeness (QED) is 0.921. The maximum absolute atomic E-state index is 12.6. The first-order chi connectivity index (χ1) is 9.56. The van der Waals surface area contributed by atoms with Crippen LogP contribution in [0, 0.1) is 17.8 Å². The number of hydrogen-bond acceptors (Lipinski definition) is 2. The van der Waals surface area contributed by atoms with E-state index < -0.39 is 5.97 Å².